The number of halogens is 1. The molecule has 0 spiro atoms. The van der Waals surface area contributed by atoms with E-state index in [9.17, 15) is 4.79 Å². The molecule has 28 heavy (non-hydrogen) atoms. The molecular weight excluding hydrogens is 394 g/mol. The van der Waals surface area contributed by atoms with Gasteiger partial charge in [0.1, 0.15) is 9.71 Å². The van der Waals surface area contributed by atoms with Crippen LogP contribution in [0, 0.1) is 0 Å². The largest absolute Gasteiger partial charge is 0.459 e. The molecule has 0 amide bonds. The number of nitrogens with zero attached hydrogens (tertiary/aromatic N) is 2. The number of ether oxygens (including phenoxy) is 1. The number of anilines is 1. The topological polar surface area (TPSA) is 68.4 Å². The lowest BCUT2D eigenvalue weighted by molar-refractivity contribution is 0.0385. The highest BCUT2D eigenvalue weighted by atomic mass is 35.5. The Morgan fingerprint density at radius 1 is 1.32 bits per heavy atom. The summed E-state index contributed by atoms with van der Waals surface area (Å²) in [6.07, 6.45) is 0.661. The molecule has 1 aliphatic heterocycles. The van der Waals surface area contributed by atoms with E-state index < -0.39 is 5.97 Å². The third-order valence-corrected chi connectivity index (χ3v) is 6.21. The van der Waals surface area contributed by atoms with Gasteiger partial charge in [0.05, 0.1) is 11.8 Å². The van der Waals surface area contributed by atoms with E-state index in [0.717, 1.165) is 52.1 Å². The van der Waals surface area contributed by atoms with Gasteiger partial charge in [0, 0.05) is 41.2 Å². The van der Waals surface area contributed by atoms with E-state index in [1.165, 1.54) is 11.3 Å². The van der Waals surface area contributed by atoms with Gasteiger partial charge in [-0.2, -0.15) is 0 Å². The van der Waals surface area contributed by atoms with E-state index in [-0.39, 0.29) is 6.10 Å². The number of thiophene rings is 1. The van der Waals surface area contributed by atoms with Gasteiger partial charge in [-0.1, -0.05) is 23.7 Å². The molecule has 0 atom stereocenters. The second kappa shape index (κ2) is 7.35. The Balaban J connectivity index is 2.00. The standard InChI is InChI=1S/C21H22ClN3O2S/c1-11(2)27-21(26)19-18(23)17-16(12-4-6-13(22)7-5-12)14-10-25(3)9-8-15(14)24-20(17)28-19/h4-7,11H,8-10,23H2,1-3H3. The average Bonchev–Trinajstić information content (AvgIpc) is 2.97. The van der Waals surface area contributed by atoms with Crippen LogP contribution in [-0.4, -0.2) is 35.5 Å². The quantitative estimate of drug-likeness (QED) is 0.625. The fourth-order valence-corrected chi connectivity index (χ4v) is 4.75. The Kier molecular flexibility index (Phi) is 5.04. The van der Waals surface area contributed by atoms with Crippen LogP contribution in [0.4, 0.5) is 5.69 Å². The van der Waals surface area contributed by atoms with Crippen molar-refractivity contribution >= 4 is 44.8 Å². The molecular formula is C21H22ClN3O2S. The molecule has 2 N–H and O–H groups in total. The van der Waals surface area contributed by atoms with Crippen LogP contribution in [0.15, 0.2) is 24.3 Å². The minimum Gasteiger partial charge on any atom is -0.459 e. The number of nitrogens with two attached hydrogens (primary N) is 1. The van der Waals surface area contributed by atoms with Gasteiger partial charge in [-0.05, 0) is 44.2 Å². The molecule has 0 bridgehead atoms. The third kappa shape index (κ3) is 3.36. The van der Waals surface area contributed by atoms with Crippen LogP contribution >= 0.6 is 22.9 Å². The Morgan fingerprint density at radius 3 is 2.71 bits per heavy atom. The summed E-state index contributed by atoms with van der Waals surface area (Å²) in [5.74, 6) is -0.396. The number of carbonyl (C=O) groups excluding carboxylic acids is 1. The predicted molar refractivity (Wildman–Crippen MR) is 115 cm³/mol. The van der Waals surface area contributed by atoms with Crippen molar-refractivity contribution in [3.8, 4) is 11.1 Å². The molecule has 2 aromatic heterocycles. The van der Waals surface area contributed by atoms with E-state index in [4.69, 9.17) is 27.1 Å². The zero-order valence-electron chi connectivity index (χ0n) is 16.1. The number of benzene rings is 1. The Hall–Kier alpha value is -2.15. The summed E-state index contributed by atoms with van der Waals surface area (Å²) in [7, 11) is 2.10. The van der Waals surface area contributed by atoms with Crippen LogP contribution in [0.25, 0.3) is 21.3 Å². The molecule has 0 fully saturated rings. The van der Waals surface area contributed by atoms with Crippen molar-refractivity contribution in [1.82, 2.24) is 9.88 Å². The Labute approximate surface area is 173 Å². The highest BCUT2D eigenvalue weighted by Gasteiger charge is 2.27. The maximum absolute atomic E-state index is 12.6. The molecule has 0 radical (unpaired) electrons. The number of rotatable bonds is 3. The molecule has 3 heterocycles. The van der Waals surface area contributed by atoms with E-state index in [0.29, 0.717) is 15.6 Å². The van der Waals surface area contributed by atoms with E-state index >= 15 is 0 Å². The molecule has 146 valence electrons. The van der Waals surface area contributed by atoms with Crippen molar-refractivity contribution in [1.29, 1.82) is 0 Å². The smallest absolute Gasteiger partial charge is 0.350 e. The highest BCUT2D eigenvalue weighted by molar-refractivity contribution is 7.21. The van der Waals surface area contributed by atoms with Crippen LogP contribution in [0.3, 0.4) is 0 Å². The molecule has 7 heteroatoms. The molecule has 3 aromatic rings. The van der Waals surface area contributed by atoms with E-state index in [2.05, 4.69) is 11.9 Å². The lowest BCUT2D eigenvalue weighted by Gasteiger charge is -2.27. The molecule has 4 rings (SSSR count). The normalized spacial score (nSPS) is 14.5. The number of aromatic nitrogens is 1. The first-order chi connectivity index (χ1) is 13.3. The second-order valence-corrected chi connectivity index (χ2v) is 8.82. The maximum Gasteiger partial charge on any atom is 0.350 e. The molecule has 0 aliphatic carbocycles. The van der Waals surface area contributed by atoms with Gasteiger partial charge < -0.3 is 15.4 Å². The molecule has 1 aromatic carbocycles. The van der Waals surface area contributed by atoms with Crippen LogP contribution in [0.2, 0.25) is 5.02 Å². The zero-order chi connectivity index (χ0) is 20.0. The van der Waals surface area contributed by atoms with Gasteiger partial charge in [-0.25, -0.2) is 9.78 Å². The summed E-state index contributed by atoms with van der Waals surface area (Å²) in [5.41, 5.74) is 11.2. The van der Waals surface area contributed by atoms with Gasteiger partial charge in [0.2, 0.25) is 0 Å². The SMILES string of the molecule is CC(C)OC(=O)c1sc2nc3c(c(-c4ccc(Cl)cc4)c2c1N)CN(C)CC3. The van der Waals surface area contributed by atoms with Crippen LogP contribution in [0.1, 0.15) is 34.8 Å². The number of likely N-dealkylation sites (N-methyl/N-ethyl adjacent to an activating group) is 1. The lowest BCUT2D eigenvalue weighted by Crippen LogP contribution is -2.27. The van der Waals surface area contributed by atoms with Gasteiger partial charge in [-0.3, -0.25) is 0 Å². The average molecular weight is 416 g/mol. The first-order valence-electron chi connectivity index (χ1n) is 9.24. The van der Waals surface area contributed by atoms with Crippen LogP contribution in [-0.2, 0) is 17.7 Å². The van der Waals surface area contributed by atoms with Crippen molar-refractivity contribution in [2.45, 2.75) is 32.9 Å². The summed E-state index contributed by atoms with van der Waals surface area (Å²) in [6, 6.07) is 7.74. The Morgan fingerprint density at radius 2 is 2.04 bits per heavy atom. The number of nitrogen functional groups attached to an aromatic ring is 1. The van der Waals surface area contributed by atoms with E-state index in [1.54, 1.807) is 0 Å². The van der Waals surface area contributed by atoms with Crippen molar-refractivity contribution < 1.29 is 9.53 Å². The number of hydrogen-bond acceptors (Lipinski definition) is 6. The number of hydrogen-bond donors (Lipinski definition) is 1. The molecule has 0 unspecified atom stereocenters. The fraction of sp³-hybridized carbons (Fsp3) is 0.333. The van der Waals surface area contributed by atoms with Gasteiger partial charge in [0.15, 0.2) is 0 Å². The number of carbonyl (C=O) groups is 1. The van der Waals surface area contributed by atoms with Crippen LogP contribution < -0.4 is 5.73 Å². The minimum atomic E-state index is -0.396. The molecule has 1 aliphatic rings. The second-order valence-electron chi connectivity index (χ2n) is 7.39. The van der Waals surface area contributed by atoms with Crippen molar-refractivity contribution in [3.05, 3.63) is 45.4 Å². The number of esters is 1. The monoisotopic (exact) mass is 415 g/mol. The molecule has 0 saturated heterocycles. The zero-order valence-corrected chi connectivity index (χ0v) is 17.7. The summed E-state index contributed by atoms with van der Waals surface area (Å²) in [4.78, 5) is 20.9. The lowest BCUT2D eigenvalue weighted by atomic mass is 9.92. The van der Waals surface area contributed by atoms with Crippen molar-refractivity contribution in [3.63, 3.8) is 0 Å². The Bertz CT molecular complexity index is 1060. The molecule has 5 nitrogen and oxygen atoms in total. The van der Waals surface area contributed by atoms with Crippen molar-refractivity contribution in [2.75, 3.05) is 19.3 Å². The number of pyridine rings is 1. The highest BCUT2D eigenvalue weighted by Crippen LogP contribution is 2.43. The van der Waals surface area contributed by atoms with Crippen LogP contribution in [0.5, 0.6) is 0 Å². The third-order valence-electron chi connectivity index (χ3n) is 4.88. The first-order valence-corrected chi connectivity index (χ1v) is 10.4. The summed E-state index contributed by atoms with van der Waals surface area (Å²) >= 11 is 7.41. The van der Waals surface area contributed by atoms with Gasteiger partial charge in [-0.15, -0.1) is 11.3 Å². The van der Waals surface area contributed by atoms with Gasteiger partial charge in [0.25, 0.3) is 0 Å². The fourth-order valence-electron chi connectivity index (χ4n) is 3.61. The summed E-state index contributed by atoms with van der Waals surface area (Å²) < 4.78 is 5.39. The van der Waals surface area contributed by atoms with Gasteiger partial charge >= 0.3 is 5.97 Å². The summed E-state index contributed by atoms with van der Waals surface area (Å²) in [6.45, 7) is 5.40. The van der Waals surface area contributed by atoms with Crippen molar-refractivity contribution in [2.24, 2.45) is 0 Å². The first kappa shape index (κ1) is 19.2. The molecule has 0 saturated carbocycles. The van der Waals surface area contributed by atoms with E-state index in [1.807, 2.05) is 38.1 Å². The summed E-state index contributed by atoms with van der Waals surface area (Å²) in [5, 5.41) is 1.51. The minimum absolute atomic E-state index is 0.206. The maximum atomic E-state index is 12.6. The predicted octanol–water partition coefficient (Wildman–Crippen LogP) is 4.75. The number of fused-ring (bicyclic) bond motifs is 2.